The van der Waals surface area contributed by atoms with Gasteiger partial charge in [-0.15, -0.1) is 0 Å². The first-order chi connectivity index (χ1) is 16.3. The molecule has 0 aliphatic rings. The van der Waals surface area contributed by atoms with Crippen LogP contribution in [0.5, 0.6) is 17.4 Å². The number of aromatic amines is 1. The lowest BCUT2D eigenvalue weighted by Crippen LogP contribution is -2.17. The Morgan fingerprint density at radius 2 is 2.03 bits per heavy atom. The topological polar surface area (TPSA) is 126 Å². The number of para-hydroxylation sites is 1. The fourth-order valence-corrected chi connectivity index (χ4v) is 3.76. The number of aromatic nitrogens is 2. The first kappa shape index (κ1) is 23.3. The molecule has 4 aromatic rings. The zero-order valence-electron chi connectivity index (χ0n) is 18.5. The first-order valence-electron chi connectivity index (χ1n) is 10.2. The minimum atomic E-state index is -0.878. The summed E-state index contributed by atoms with van der Waals surface area (Å²) in [7, 11) is 1.51. The van der Waals surface area contributed by atoms with Crippen LogP contribution in [0.25, 0.3) is 21.8 Å². The molecule has 0 radical (unpaired) electrons. The average Bonchev–Trinajstić information content (AvgIpc) is 3.13. The number of nitrogens with one attached hydrogen (secondary N) is 1. The van der Waals surface area contributed by atoms with Gasteiger partial charge in [-0.1, -0.05) is 17.7 Å². The summed E-state index contributed by atoms with van der Waals surface area (Å²) in [5.74, 6) is 0.411. The van der Waals surface area contributed by atoms with Gasteiger partial charge in [-0.2, -0.15) is 0 Å². The second-order valence-electron chi connectivity index (χ2n) is 7.56. The Labute approximate surface area is 198 Å². The minimum Gasteiger partial charge on any atom is -0.450 e. The molecule has 10 nitrogen and oxygen atoms in total. The van der Waals surface area contributed by atoms with E-state index >= 15 is 0 Å². The van der Waals surface area contributed by atoms with Crippen molar-refractivity contribution in [3.05, 3.63) is 63.3 Å². The Morgan fingerprint density at radius 3 is 2.74 bits per heavy atom. The molecule has 0 fully saturated rings. The van der Waals surface area contributed by atoms with E-state index in [1.807, 2.05) is 0 Å². The lowest BCUT2D eigenvalue weighted by molar-refractivity contribution is -0.385. The van der Waals surface area contributed by atoms with Gasteiger partial charge in [0.25, 0.3) is 0 Å². The van der Waals surface area contributed by atoms with Crippen LogP contribution in [0.2, 0.25) is 5.02 Å². The SMILES string of the molecule is COCc1c(OC(=O)OC(C)C)ncc2[nH]c3ccc(Oc4cccc(Cl)c4[N+](=O)[O-])cc3c12. The number of ether oxygens (including phenoxy) is 4. The lowest BCUT2D eigenvalue weighted by Gasteiger charge is -2.12. The molecule has 0 saturated heterocycles. The monoisotopic (exact) mass is 485 g/mol. The van der Waals surface area contributed by atoms with E-state index in [2.05, 4.69) is 9.97 Å². The number of fused-ring (bicyclic) bond motifs is 3. The van der Waals surface area contributed by atoms with Gasteiger partial charge in [-0.3, -0.25) is 10.1 Å². The predicted octanol–water partition coefficient (Wildman–Crippen LogP) is 6.14. The molecule has 176 valence electrons. The number of nitro groups is 1. The zero-order chi connectivity index (χ0) is 24.4. The van der Waals surface area contributed by atoms with Crippen molar-refractivity contribution in [3.8, 4) is 17.4 Å². The van der Waals surface area contributed by atoms with Crippen LogP contribution in [-0.2, 0) is 16.1 Å². The molecule has 2 aromatic heterocycles. The van der Waals surface area contributed by atoms with Crippen molar-refractivity contribution in [1.29, 1.82) is 0 Å². The number of methoxy groups -OCH3 is 1. The van der Waals surface area contributed by atoms with Crippen molar-refractivity contribution in [2.75, 3.05) is 7.11 Å². The number of hydrogen-bond acceptors (Lipinski definition) is 8. The molecule has 4 rings (SSSR count). The Bertz CT molecular complexity index is 1400. The number of carbonyl (C=O) groups is 1. The standard InChI is InChI=1S/C23H20ClN3O7/c1-12(2)32-23(28)34-22-15(11-31-3)20-14-9-13(7-8-17(14)26-18(20)10-25-22)33-19-6-4-5-16(24)21(19)27(29)30/h4-10,12,26H,11H2,1-3H3. The van der Waals surface area contributed by atoms with Crippen LogP contribution in [0.4, 0.5) is 10.5 Å². The van der Waals surface area contributed by atoms with Crippen molar-refractivity contribution in [1.82, 2.24) is 9.97 Å². The van der Waals surface area contributed by atoms with Gasteiger partial charge < -0.3 is 23.9 Å². The number of nitrogens with zero attached hydrogens (tertiary/aromatic N) is 2. The number of rotatable bonds is 7. The predicted molar refractivity (Wildman–Crippen MR) is 125 cm³/mol. The highest BCUT2D eigenvalue weighted by atomic mass is 35.5. The van der Waals surface area contributed by atoms with E-state index in [9.17, 15) is 14.9 Å². The van der Waals surface area contributed by atoms with Gasteiger partial charge in [0, 0.05) is 23.4 Å². The van der Waals surface area contributed by atoms with Gasteiger partial charge in [0.1, 0.15) is 10.8 Å². The van der Waals surface area contributed by atoms with Gasteiger partial charge in [0.05, 0.1) is 34.9 Å². The maximum absolute atomic E-state index is 12.1. The molecule has 2 heterocycles. The fraction of sp³-hybridized carbons (Fsp3) is 0.217. The van der Waals surface area contributed by atoms with Gasteiger partial charge in [0.2, 0.25) is 11.6 Å². The highest BCUT2D eigenvalue weighted by Crippen LogP contribution is 2.39. The Hall–Kier alpha value is -3.89. The molecular formula is C23H20ClN3O7. The zero-order valence-corrected chi connectivity index (χ0v) is 19.2. The summed E-state index contributed by atoms with van der Waals surface area (Å²) < 4.78 is 21.5. The van der Waals surface area contributed by atoms with Gasteiger partial charge >= 0.3 is 11.8 Å². The highest BCUT2D eigenvalue weighted by Gasteiger charge is 2.22. The third-order valence-electron chi connectivity index (χ3n) is 4.83. The number of carbonyl (C=O) groups excluding carboxylic acids is 1. The summed E-state index contributed by atoms with van der Waals surface area (Å²) in [5.41, 5.74) is 1.63. The van der Waals surface area contributed by atoms with E-state index in [1.54, 1.807) is 38.1 Å². The molecule has 0 bridgehead atoms. The second kappa shape index (κ2) is 9.54. The number of benzene rings is 2. The van der Waals surface area contributed by atoms with E-state index in [1.165, 1.54) is 25.4 Å². The van der Waals surface area contributed by atoms with Gasteiger partial charge in [0.15, 0.2) is 0 Å². The summed E-state index contributed by atoms with van der Waals surface area (Å²) in [6.07, 6.45) is 0.302. The number of hydrogen-bond donors (Lipinski definition) is 1. The molecule has 2 aromatic carbocycles. The van der Waals surface area contributed by atoms with Crippen LogP contribution in [0.3, 0.4) is 0 Å². The van der Waals surface area contributed by atoms with Gasteiger partial charge in [-0.05, 0) is 44.2 Å². The van der Waals surface area contributed by atoms with Crippen LogP contribution in [-0.4, -0.2) is 34.3 Å². The summed E-state index contributed by atoms with van der Waals surface area (Å²) in [6.45, 7) is 3.52. The molecular weight excluding hydrogens is 466 g/mol. The molecule has 0 aliphatic heterocycles. The fourth-order valence-electron chi connectivity index (χ4n) is 3.53. The number of halogens is 1. The van der Waals surface area contributed by atoms with Crippen LogP contribution >= 0.6 is 11.6 Å². The Kier molecular flexibility index (Phi) is 6.53. The molecule has 0 unspecified atom stereocenters. The number of nitro benzene ring substituents is 1. The van der Waals surface area contributed by atoms with E-state index in [0.29, 0.717) is 27.6 Å². The van der Waals surface area contributed by atoms with E-state index in [0.717, 1.165) is 5.52 Å². The summed E-state index contributed by atoms with van der Waals surface area (Å²) in [4.78, 5) is 30.4. The summed E-state index contributed by atoms with van der Waals surface area (Å²) in [5, 5.41) is 12.8. The van der Waals surface area contributed by atoms with Crippen molar-refractivity contribution in [3.63, 3.8) is 0 Å². The second-order valence-corrected chi connectivity index (χ2v) is 7.97. The van der Waals surface area contributed by atoms with Gasteiger partial charge in [-0.25, -0.2) is 9.78 Å². The summed E-state index contributed by atoms with van der Waals surface area (Å²) in [6, 6.07) is 9.61. The van der Waals surface area contributed by atoms with E-state index in [4.69, 9.17) is 30.5 Å². The summed E-state index contributed by atoms with van der Waals surface area (Å²) >= 11 is 5.99. The Morgan fingerprint density at radius 1 is 1.24 bits per heavy atom. The van der Waals surface area contributed by atoms with Crippen molar-refractivity contribution < 1.29 is 28.7 Å². The van der Waals surface area contributed by atoms with Crippen molar-refractivity contribution in [2.24, 2.45) is 0 Å². The van der Waals surface area contributed by atoms with E-state index in [-0.39, 0.29) is 35.1 Å². The molecule has 0 amide bonds. The Balaban J connectivity index is 1.81. The third kappa shape index (κ3) is 4.59. The molecule has 0 aliphatic carbocycles. The maximum Gasteiger partial charge on any atom is 0.515 e. The van der Waals surface area contributed by atoms with Crippen LogP contribution in [0, 0.1) is 10.1 Å². The molecule has 0 saturated carbocycles. The molecule has 0 spiro atoms. The molecule has 34 heavy (non-hydrogen) atoms. The first-order valence-corrected chi connectivity index (χ1v) is 10.6. The minimum absolute atomic E-state index is 0.0101. The molecule has 11 heteroatoms. The average molecular weight is 486 g/mol. The lowest BCUT2D eigenvalue weighted by atomic mass is 10.1. The third-order valence-corrected chi connectivity index (χ3v) is 5.14. The van der Waals surface area contributed by atoms with Crippen LogP contribution in [0.15, 0.2) is 42.6 Å². The van der Waals surface area contributed by atoms with Crippen LogP contribution < -0.4 is 9.47 Å². The quantitative estimate of drug-likeness (QED) is 0.188. The largest absolute Gasteiger partial charge is 0.515 e. The highest BCUT2D eigenvalue weighted by molar-refractivity contribution is 6.33. The van der Waals surface area contributed by atoms with E-state index < -0.39 is 11.1 Å². The smallest absolute Gasteiger partial charge is 0.450 e. The van der Waals surface area contributed by atoms with Crippen LogP contribution in [0.1, 0.15) is 19.4 Å². The van der Waals surface area contributed by atoms with Crippen molar-refractivity contribution in [2.45, 2.75) is 26.6 Å². The molecule has 0 atom stereocenters. The number of H-pyrrole nitrogens is 1. The normalized spacial score (nSPS) is 11.2. The van der Waals surface area contributed by atoms with Crippen molar-refractivity contribution >= 4 is 45.2 Å². The number of pyridine rings is 1. The molecule has 1 N–H and O–H groups in total. The maximum atomic E-state index is 12.1.